The first-order chi connectivity index (χ1) is 6.76. The Morgan fingerprint density at radius 2 is 2.00 bits per heavy atom. The van der Waals surface area contributed by atoms with Crippen molar-refractivity contribution >= 4 is 5.97 Å². The molecular formula is C9H12F3NO2. The number of ether oxygens (including phenoxy) is 1. The number of carbonyl (C=O) groups is 1. The van der Waals surface area contributed by atoms with Gasteiger partial charge in [0.1, 0.15) is 0 Å². The van der Waals surface area contributed by atoms with Gasteiger partial charge in [0.05, 0.1) is 12.0 Å². The van der Waals surface area contributed by atoms with Crippen molar-refractivity contribution in [3.63, 3.8) is 0 Å². The summed E-state index contributed by atoms with van der Waals surface area (Å²) in [6.45, 7) is 1.46. The SMILES string of the molecule is CC(C#N)CC(C)C(=O)OCC(F)(F)F. The molecule has 0 aliphatic carbocycles. The van der Waals surface area contributed by atoms with Gasteiger partial charge in [-0.3, -0.25) is 4.79 Å². The van der Waals surface area contributed by atoms with Gasteiger partial charge in [0.2, 0.25) is 0 Å². The lowest BCUT2D eigenvalue weighted by Gasteiger charge is -2.13. The van der Waals surface area contributed by atoms with Gasteiger partial charge in [-0.15, -0.1) is 0 Å². The van der Waals surface area contributed by atoms with Crippen LogP contribution < -0.4 is 0 Å². The lowest BCUT2D eigenvalue weighted by molar-refractivity contribution is -0.189. The fourth-order valence-corrected chi connectivity index (χ4v) is 0.974. The fraction of sp³-hybridized carbons (Fsp3) is 0.778. The summed E-state index contributed by atoms with van der Waals surface area (Å²) in [5.74, 6) is -1.99. The van der Waals surface area contributed by atoms with Crippen LogP contribution in [0.25, 0.3) is 0 Å². The summed E-state index contributed by atoms with van der Waals surface area (Å²) in [7, 11) is 0. The largest absolute Gasteiger partial charge is 0.456 e. The summed E-state index contributed by atoms with van der Waals surface area (Å²) in [6, 6.07) is 1.89. The minimum Gasteiger partial charge on any atom is -0.456 e. The molecule has 0 spiro atoms. The maximum Gasteiger partial charge on any atom is 0.422 e. The highest BCUT2D eigenvalue weighted by Crippen LogP contribution is 2.17. The molecule has 2 unspecified atom stereocenters. The van der Waals surface area contributed by atoms with Crippen LogP contribution >= 0.6 is 0 Å². The average Bonchev–Trinajstić information content (AvgIpc) is 2.12. The molecule has 0 aliphatic heterocycles. The molecule has 0 fully saturated rings. The zero-order valence-electron chi connectivity index (χ0n) is 8.47. The van der Waals surface area contributed by atoms with Crippen LogP contribution in [0.5, 0.6) is 0 Å². The predicted octanol–water partition coefficient (Wildman–Crippen LogP) is 2.28. The zero-order chi connectivity index (χ0) is 12.1. The summed E-state index contributed by atoms with van der Waals surface area (Å²) < 4.78 is 39.1. The Morgan fingerprint density at radius 3 is 2.40 bits per heavy atom. The minimum absolute atomic E-state index is 0.202. The van der Waals surface area contributed by atoms with E-state index < -0.39 is 24.7 Å². The standard InChI is InChI=1S/C9H12F3NO2/c1-6(4-13)3-7(2)8(14)15-5-9(10,11)12/h6-7H,3,5H2,1-2H3. The number of nitrogens with zero attached hydrogens (tertiary/aromatic N) is 1. The minimum atomic E-state index is -4.50. The molecule has 0 aromatic heterocycles. The molecule has 0 aliphatic rings. The van der Waals surface area contributed by atoms with Gasteiger partial charge in [0, 0.05) is 5.92 Å². The van der Waals surface area contributed by atoms with Crippen LogP contribution in [0.3, 0.4) is 0 Å². The highest BCUT2D eigenvalue weighted by molar-refractivity contribution is 5.72. The van der Waals surface area contributed by atoms with Crippen LogP contribution in [0.15, 0.2) is 0 Å². The molecule has 2 atom stereocenters. The van der Waals surface area contributed by atoms with Crippen LogP contribution in [0.2, 0.25) is 0 Å². The Balaban J connectivity index is 3.96. The monoisotopic (exact) mass is 223 g/mol. The molecule has 0 N–H and O–H groups in total. The molecule has 0 saturated carbocycles. The first kappa shape index (κ1) is 13.8. The van der Waals surface area contributed by atoms with Crippen molar-refractivity contribution in [3.8, 4) is 6.07 Å². The molecule has 15 heavy (non-hydrogen) atoms. The van der Waals surface area contributed by atoms with Gasteiger partial charge in [-0.1, -0.05) is 6.92 Å². The number of hydrogen-bond donors (Lipinski definition) is 0. The van der Waals surface area contributed by atoms with Gasteiger partial charge in [-0.25, -0.2) is 0 Å². The average molecular weight is 223 g/mol. The molecule has 0 heterocycles. The van der Waals surface area contributed by atoms with E-state index in [1.165, 1.54) is 6.92 Å². The second-order valence-corrected chi connectivity index (χ2v) is 3.39. The Bertz CT molecular complexity index is 257. The van der Waals surface area contributed by atoms with E-state index in [4.69, 9.17) is 5.26 Å². The van der Waals surface area contributed by atoms with Crippen LogP contribution in [0.1, 0.15) is 20.3 Å². The van der Waals surface area contributed by atoms with Gasteiger partial charge in [-0.05, 0) is 13.3 Å². The van der Waals surface area contributed by atoms with E-state index in [2.05, 4.69) is 4.74 Å². The molecular weight excluding hydrogens is 211 g/mol. The second-order valence-electron chi connectivity index (χ2n) is 3.39. The summed E-state index contributed by atoms with van der Waals surface area (Å²) in [4.78, 5) is 11.0. The van der Waals surface area contributed by atoms with Gasteiger partial charge < -0.3 is 4.74 Å². The van der Waals surface area contributed by atoms with Gasteiger partial charge in [0.15, 0.2) is 6.61 Å². The van der Waals surface area contributed by atoms with Crippen LogP contribution in [0.4, 0.5) is 13.2 Å². The number of alkyl halides is 3. The molecule has 86 valence electrons. The number of halogens is 3. The van der Waals surface area contributed by atoms with Gasteiger partial charge in [-0.2, -0.15) is 18.4 Å². The molecule has 3 nitrogen and oxygen atoms in total. The highest BCUT2D eigenvalue weighted by atomic mass is 19.4. The lowest BCUT2D eigenvalue weighted by atomic mass is 9.99. The van der Waals surface area contributed by atoms with Crippen molar-refractivity contribution in [2.45, 2.75) is 26.4 Å². The summed E-state index contributed by atoms with van der Waals surface area (Å²) >= 11 is 0. The molecule has 0 saturated heterocycles. The topological polar surface area (TPSA) is 50.1 Å². The molecule has 6 heteroatoms. The first-order valence-corrected chi connectivity index (χ1v) is 4.39. The Labute approximate surface area is 85.8 Å². The predicted molar refractivity (Wildman–Crippen MR) is 45.6 cm³/mol. The smallest absolute Gasteiger partial charge is 0.422 e. The van der Waals surface area contributed by atoms with E-state index in [-0.39, 0.29) is 12.3 Å². The highest BCUT2D eigenvalue weighted by Gasteiger charge is 2.30. The fourth-order valence-electron chi connectivity index (χ4n) is 0.974. The summed E-state index contributed by atoms with van der Waals surface area (Å²) in [5.41, 5.74) is 0. The summed E-state index contributed by atoms with van der Waals surface area (Å²) in [5, 5.41) is 8.44. The van der Waals surface area contributed by atoms with Crippen molar-refractivity contribution in [3.05, 3.63) is 0 Å². The number of esters is 1. The van der Waals surface area contributed by atoms with Crippen molar-refractivity contribution < 1.29 is 22.7 Å². The van der Waals surface area contributed by atoms with Crippen molar-refractivity contribution in [2.24, 2.45) is 11.8 Å². The van der Waals surface area contributed by atoms with E-state index >= 15 is 0 Å². The molecule has 0 radical (unpaired) electrons. The second kappa shape index (κ2) is 5.59. The van der Waals surface area contributed by atoms with Crippen molar-refractivity contribution in [1.82, 2.24) is 0 Å². The van der Waals surface area contributed by atoms with Crippen LogP contribution in [0, 0.1) is 23.2 Å². The molecule has 0 rings (SSSR count). The van der Waals surface area contributed by atoms with Gasteiger partial charge >= 0.3 is 12.1 Å². The van der Waals surface area contributed by atoms with E-state index in [9.17, 15) is 18.0 Å². The zero-order valence-corrected chi connectivity index (χ0v) is 8.47. The lowest BCUT2D eigenvalue weighted by Crippen LogP contribution is -2.24. The van der Waals surface area contributed by atoms with E-state index in [1.807, 2.05) is 6.07 Å². The molecule has 0 aromatic carbocycles. The van der Waals surface area contributed by atoms with Gasteiger partial charge in [0.25, 0.3) is 0 Å². The van der Waals surface area contributed by atoms with Crippen molar-refractivity contribution in [1.29, 1.82) is 5.26 Å². The quantitative estimate of drug-likeness (QED) is 0.687. The van der Waals surface area contributed by atoms with Crippen molar-refractivity contribution in [2.75, 3.05) is 6.61 Å². The number of carbonyl (C=O) groups excluding carboxylic acids is 1. The number of rotatable bonds is 4. The maximum absolute atomic E-state index is 11.7. The third-order valence-corrected chi connectivity index (χ3v) is 1.71. The normalized spacial score (nSPS) is 15.2. The molecule has 0 amide bonds. The molecule has 0 bridgehead atoms. The van der Waals surface area contributed by atoms with E-state index in [0.29, 0.717) is 0 Å². The molecule has 0 aromatic rings. The van der Waals surface area contributed by atoms with E-state index in [1.54, 1.807) is 6.92 Å². The number of hydrogen-bond acceptors (Lipinski definition) is 3. The Hall–Kier alpha value is -1.25. The Kier molecular flexibility index (Phi) is 5.12. The van der Waals surface area contributed by atoms with E-state index in [0.717, 1.165) is 0 Å². The third kappa shape index (κ3) is 6.77. The Morgan fingerprint density at radius 1 is 1.47 bits per heavy atom. The maximum atomic E-state index is 11.7. The first-order valence-electron chi connectivity index (χ1n) is 4.39. The third-order valence-electron chi connectivity index (χ3n) is 1.71. The number of nitriles is 1. The van der Waals surface area contributed by atoms with Crippen LogP contribution in [-0.4, -0.2) is 18.8 Å². The summed E-state index contributed by atoms with van der Waals surface area (Å²) in [6.07, 6.45) is -4.30. The van der Waals surface area contributed by atoms with Crippen LogP contribution in [-0.2, 0) is 9.53 Å².